The van der Waals surface area contributed by atoms with Crippen molar-refractivity contribution in [3.8, 4) is 11.6 Å². The van der Waals surface area contributed by atoms with Crippen LogP contribution in [0, 0.1) is 6.92 Å². The van der Waals surface area contributed by atoms with E-state index in [9.17, 15) is 4.79 Å². The molecule has 1 aromatic carbocycles. The summed E-state index contributed by atoms with van der Waals surface area (Å²) in [5.74, 6) is 1.28. The highest BCUT2D eigenvalue weighted by Crippen LogP contribution is 2.33. The Labute approximate surface area is 157 Å². The smallest absolute Gasteiger partial charge is 0.271 e. The number of aromatic amines is 1. The number of carbonyl (C=O) groups excluding carboxylic acids is 1. The highest BCUT2D eigenvalue weighted by Gasteiger charge is 2.29. The summed E-state index contributed by atoms with van der Waals surface area (Å²) in [6.07, 6.45) is 6.74. The molecule has 1 amide bonds. The van der Waals surface area contributed by atoms with Crippen molar-refractivity contribution in [2.45, 2.75) is 25.7 Å². The Bertz CT molecular complexity index is 926. The normalized spacial score (nSPS) is 16.9. The van der Waals surface area contributed by atoms with E-state index in [2.05, 4.69) is 20.2 Å². The number of rotatable bonds is 4. The van der Waals surface area contributed by atoms with Gasteiger partial charge in [-0.3, -0.25) is 14.9 Å². The van der Waals surface area contributed by atoms with E-state index in [1.165, 1.54) is 0 Å². The van der Waals surface area contributed by atoms with Crippen LogP contribution in [0.25, 0.3) is 0 Å². The van der Waals surface area contributed by atoms with Crippen LogP contribution in [-0.2, 0) is 0 Å². The van der Waals surface area contributed by atoms with Gasteiger partial charge in [-0.15, -0.1) is 0 Å². The first-order valence-corrected chi connectivity index (χ1v) is 9.05. The van der Waals surface area contributed by atoms with Gasteiger partial charge in [-0.1, -0.05) is 12.1 Å². The van der Waals surface area contributed by atoms with Crippen molar-refractivity contribution in [3.05, 3.63) is 65.9 Å². The Morgan fingerprint density at radius 3 is 2.93 bits per heavy atom. The molecule has 27 heavy (non-hydrogen) atoms. The van der Waals surface area contributed by atoms with Gasteiger partial charge in [0.1, 0.15) is 17.1 Å². The molecule has 1 saturated heterocycles. The summed E-state index contributed by atoms with van der Waals surface area (Å²) in [7, 11) is 0. The number of benzene rings is 1. The highest BCUT2D eigenvalue weighted by molar-refractivity contribution is 5.92. The molecule has 1 atom stereocenters. The SMILES string of the molecule is Cc1cccc(Oc2nccnc2[C@@H]2CCCN(C(=O)c3ccn[nH]3)C2)c1. The van der Waals surface area contributed by atoms with Crippen molar-refractivity contribution in [2.24, 2.45) is 0 Å². The fourth-order valence-electron chi connectivity index (χ4n) is 3.42. The van der Waals surface area contributed by atoms with Crippen molar-refractivity contribution in [1.29, 1.82) is 0 Å². The topological polar surface area (TPSA) is 84.0 Å². The lowest BCUT2D eigenvalue weighted by Gasteiger charge is -2.32. The van der Waals surface area contributed by atoms with Gasteiger partial charge < -0.3 is 9.64 Å². The molecule has 138 valence electrons. The molecule has 7 heteroatoms. The number of piperidine rings is 1. The monoisotopic (exact) mass is 363 g/mol. The lowest BCUT2D eigenvalue weighted by atomic mass is 9.94. The third-order valence-corrected chi connectivity index (χ3v) is 4.72. The maximum atomic E-state index is 12.6. The minimum atomic E-state index is -0.0396. The number of ether oxygens (including phenoxy) is 1. The Morgan fingerprint density at radius 2 is 2.11 bits per heavy atom. The quantitative estimate of drug-likeness (QED) is 0.769. The molecule has 3 aromatic rings. The van der Waals surface area contributed by atoms with Crippen molar-refractivity contribution < 1.29 is 9.53 Å². The van der Waals surface area contributed by atoms with Crippen LogP contribution in [0.4, 0.5) is 0 Å². The average Bonchev–Trinajstić information content (AvgIpc) is 3.23. The van der Waals surface area contributed by atoms with Gasteiger partial charge in [0, 0.05) is 37.6 Å². The minimum absolute atomic E-state index is 0.0396. The Balaban J connectivity index is 1.55. The zero-order valence-corrected chi connectivity index (χ0v) is 15.1. The second kappa shape index (κ2) is 7.57. The molecular formula is C20H21N5O2. The van der Waals surface area contributed by atoms with Crippen molar-refractivity contribution in [1.82, 2.24) is 25.1 Å². The molecule has 0 radical (unpaired) electrons. The van der Waals surface area contributed by atoms with Crippen molar-refractivity contribution in [3.63, 3.8) is 0 Å². The number of hydrogen-bond donors (Lipinski definition) is 1. The number of nitrogens with one attached hydrogen (secondary N) is 1. The number of aryl methyl sites for hydroxylation is 1. The summed E-state index contributed by atoms with van der Waals surface area (Å²) in [6.45, 7) is 3.33. The predicted molar refractivity (Wildman–Crippen MR) is 99.8 cm³/mol. The molecule has 3 heterocycles. The summed E-state index contributed by atoms with van der Waals surface area (Å²) >= 11 is 0. The van der Waals surface area contributed by atoms with Crippen LogP contribution in [0.15, 0.2) is 48.9 Å². The van der Waals surface area contributed by atoms with Gasteiger partial charge in [0.25, 0.3) is 5.91 Å². The Kier molecular flexibility index (Phi) is 4.82. The zero-order valence-electron chi connectivity index (χ0n) is 15.1. The first-order chi connectivity index (χ1) is 13.2. The lowest BCUT2D eigenvalue weighted by molar-refractivity contribution is 0.0698. The molecule has 1 N–H and O–H groups in total. The zero-order chi connectivity index (χ0) is 18.6. The van der Waals surface area contributed by atoms with Gasteiger partial charge in [0.2, 0.25) is 5.88 Å². The number of amides is 1. The molecule has 4 rings (SSSR count). The van der Waals surface area contributed by atoms with E-state index in [4.69, 9.17) is 4.74 Å². The van der Waals surface area contributed by atoms with Crippen LogP contribution >= 0.6 is 0 Å². The fourth-order valence-corrected chi connectivity index (χ4v) is 3.42. The van der Waals surface area contributed by atoms with E-state index in [0.29, 0.717) is 18.1 Å². The van der Waals surface area contributed by atoms with E-state index in [0.717, 1.165) is 36.4 Å². The number of aromatic nitrogens is 4. The Morgan fingerprint density at radius 1 is 1.22 bits per heavy atom. The summed E-state index contributed by atoms with van der Waals surface area (Å²) in [5.41, 5.74) is 2.42. The van der Waals surface area contributed by atoms with Gasteiger partial charge in [0.15, 0.2) is 0 Å². The molecule has 0 unspecified atom stereocenters. The summed E-state index contributed by atoms with van der Waals surface area (Å²) in [6, 6.07) is 9.53. The maximum absolute atomic E-state index is 12.6. The van der Waals surface area contributed by atoms with E-state index < -0.39 is 0 Å². The van der Waals surface area contributed by atoms with E-state index >= 15 is 0 Å². The third-order valence-electron chi connectivity index (χ3n) is 4.72. The molecule has 7 nitrogen and oxygen atoms in total. The molecule has 1 aliphatic rings. The second-order valence-corrected chi connectivity index (χ2v) is 6.73. The summed E-state index contributed by atoms with van der Waals surface area (Å²) in [5, 5.41) is 6.61. The van der Waals surface area contributed by atoms with E-state index in [1.54, 1.807) is 24.7 Å². The summed E-state index contributed by atoms with van der Waals surface area (Å²) in [4.78, 5) is 23.4. The molecule has 2 aromatic heterocycles. The number of likely N-dealkylation sites (tertiary alicyclic amines) is 1. The van der Waals surface area contributed by atoms with Crippen LogP contribution in [0.2, 0.25) is 0 Å². The largest absolute Gasteiger partial charge is 0.437 e. The van der Waals surface area contributed by atoms with Gasteiger partial charge >= 0.3 is 0 Å². The minimum Gasteiger partial charge on any atom is -0.437 e. The van der Waals surface area contributed by atoms with Crippen LogP contribution in [0.3, 0.4) is 0 Å². The van der Waals surface area contributed by atoms with Gasteiger partial charge in [-0.2, -0.15) is 5.10 Å². The lowest BCUT2D eigenvalue weighted by Crippen LogP contribution is -2.39. The molecule has 1 fully saturated rings. The highest BCUT2D eigenvalue weighted by atomic mass is 16.5. The molecule has 0 aliphatic carbocycles. The second-order valence-electron chi connectivity index (χ2n) is 6.73. The van der Waals surface area contributed by atoms with Crippen LogP contribution < -0.4 is 4.74 Å². The standard InChI is InChI=1S/C20H21N5O2/c1-14-4-2-6-16(12-14)27-19-18(21-9-10-22-19)15-5-3-11-25(13-15)20(26)17-7-8-23-24-17/h2,4,6-10,12,15H,3,5,11,13H2,1H3,(H,23,24)/t15-/m1/s1. The molecule has 0 spiro atoms. The first kappa shape index (κ1) is 17.2. The van der Waals surface area contributed by atoms with E-state index in [-0.39, 0.29) is 11.8 Å². The van der Waals surface area contributed by atoms with Gasteiger partial charge in [-0.25, -0.2) is 4.98 Å². The maximum Gasteiger partial charge on any atom is 0.271 e. The summed E-state index contributed by atoms with van der Waals surface area (Å²) < 4.78 is 6.02. The third kappa shape index (κ3) is 3.81. The van der Waals surface area contributed by atoms with Crippen molar-refractivity contribution in [2.75, 3.05) is 13.1 Å². The Hall–Kier alpha value is -3.22. The van der Waals surface area contributed by atoms with Gasteiger partial charge in [0.05, 0.1) is 0 Å². The predicted octanol–water partition coefficient (Wildman–Crippen LogP) is 3.32. The fraction of sp³-hybridized carbons (Fsp3) is 0.300. The van der Waals surface area contributed by atoms with Gasteiger partial charge in [-0.05, 0) is 43.5 Å². The van der Waals surface area contributed by atoms with E-state index in [1.807, 2.05) is 36.1 Å². The number of carbonyl (C=O) groups is 1. The van der Waals surface area contributed by atoms with Crippen LogP contribution in [0.5, 0.6) is 11.6 Å². The number of H-pyrrole nitrogens is 1. The average molecular weight is 363 g/mol. The number of nitrogens with zero attached hydrogens (tertiary/aromatic N) is 4. The molecule has 0 saturated carbocycles. The molecule has 0 bridgehead atoms. The molecular weight excluding hydrogens is 342 g/mol. The first-order valence-electron chi connectivity index (χ1n) is 9.05. The molecule has 1 aliphatic heterocycles. The van der Waals surface area contributed by atoms with Crippen molar-refractivity contribution >= 4 is 5.91 Å². The van der Waals surface area contributed by atoms with Crippen LogP contribution in [0.1, 0.15) is 40.5 Å². The van der Waals surface area contributed by atoms with Crippen LogP contribution in [-0.4, -0.2) is 44.1 Å². The number of hydrogen-bond acceptors (Lipinski definition) is 5.